The zero-order chi connectivity index (χ0) is 12.5. The number of aromatic amines is 1. The molecule has 0 amide bonds. The van der Waals surface area contributed by atoms with Crippen molar-refractivity contribution in [2.75, 3.05) is 6.54 Å². The van der Waals surface area contributed by atoms with Crippen LogP contribution in [0.5, 0.6) is 0 Å². The average Bonchev–Trinajstić information content (AvgIpc) is 2.91. The molecule has 3 rings (SSSR count). The highest BCUT2D eigenvalue weighted by molar-refractivity contribution is 5.60. The van der Waals surface area contributed by atoms with Gasteiger partial charge in [0.1, 0.15) is 5.82 Å². The molecule has 0 radical (unpaired) electrons. The van der Waals surface area contributed by atoms with Crippen molar-refractivity contribution < 1.29 is 0 Å². The maximum atomic E-state index is 4.75. The first kappa shape index (κ1) is 11.4. The topological polar surface area (TPSA) is 53.6 Å². The summed E-state index contributed by atoms with van der Waals surface area (Å²) in [6.07, 6.45) is 2.93. The summed E-state index contributed by atoms with van der Waals surface area (Å²) >= 11 is 0. The fraction of sp³-hybridized carbons (Fsp3) is 0.429. The van der Waals surface area contributed by atoms with Crippen LogP contribution in [0.15, 0.2) is 18.3 Å². The molecule has 4 heteroatoms. The molecule has 1 aliphatic heterocycles. The van der Waals surface area contributed by atoms with Crippen molar-refractivity contribution in [3.63, 3.8) is 0 Å². The molecule has 0 bridgehead atoms. The molecular formula is C14H18N4. The van der Waals surface area contributed by atoms with Crippen molar-refractivity contribution >= 4 is 0 Å². The third-order valence-electron chi connectivity index (χ3n) is 3.32. The molecule has 2 aromatic heterocycles. The van der Waals surface area contributed by atoms with Gasteiger partial charge < -0.3 is 10.3 Å². The largest absolute Gasteiger partial charge is 0.360 e. The van der Waals surface area contributed by atoms with Gasteiger partial charge in [-0.2, -0.15) is 0 Å². The minimum absolute atomic E-state index is 0.360. The molecule has 0 spiro atoms. The summed E-state index contributed by atoms with van der Waals surface area (Å²) in [5.74, 6) is 1.30. The third-order valence-corrected chi connectivity index (χ3v) is 3.32. The van der Waals surface area contributed by atoms with E-state index in [9.17, 15) is 0 Å². The second-order valence-electron chi connectivity index (χ2n) is 5.02. The molecule has 3 heterocycles. The monoisotopic (exact) mass is 242 g/mol. The number of hydrogen-bond acceptors (Lipinski definition) is 3. The Morgan fingerprint density at radius 1 is 1.28 bits per heavy atom. The van der Waals surface area contributed by atoms with Crippen molar-refractivity contribution in [2.45, 2.75) is 32.7 Å². The molecule has 0 aromatic carbocycles. The summed E-state index contributed by atoms with van der Waals surface area (Å²) < 4.78 is 0. The maximum Gasteiger partial charge on any atom is 0.131 e. The van der Waals surface area contributed by atoms with E-state index in [2.05, 4.69) is 30.2 Å². The molecule has 2 aromatic rings. The number of hydrogen-bond donors (Lipinski definition) is 2. The predicted molar refractivity (Wildman–Crippen MR) is 71.3 cm³/mol. The second-order valence-corrected chi connectivity index (χ2v) is 5.02. The molecule has 0 atom stereocenters. The summed E-state index contributed by atoms with van der Waals surface area (Å²) in [6.45, 7) is 6.15. The van der Waals surface area contributed by atoms with E-state index in [-0.39, 0.29) is 0 Å². The highest BCUT2D eigenvalue weighted by Gasteiger charge is 2.19. The lowest BCUT2D eigenvalue weighted by Crippen LogP contribution is -2.26. The van der Waals surface area contributed by atoms with Crippen LogP contribution in [0.25, 0.3) is 11.4 Å². The van der Waals surface area contributed by atoms with Gasteiger partial charge in [0.05, 0.1) is 17.1 Å². The summed E-state index contributed by atoms with van der Waals surface area (Å²) in [6, 6.07) is 4.08. The van der Waals surface area contributed by atoms with Gasteiger partial charge >= 0.3 is 0 Å². The summed E-state index contributed by atoms with van der Waals surface area (Å²) in [7, 11) is 0. The molecule has 0 unspecified atom stereocenters. The van der Waals surface area contributed by atoms with Crippen molar-refractivity contribution in [3.05, 3.63) is 35.4 Å². The Balaban J connectivity index is 2.18. The first-order valence-electron chi connectivity index (χ1n) is 6.50. The molecule has 0 fully saturated rings. The molecule has 0 aliphatic carbocycles. The van der Waals surface area contributed by atoms with Gasteiger partial charge in [-0.1, -0.05) is 13.8 Å². The van der Waals surface area contributed by atoms with E-state index in [1.807, 2.05) is 12.3 Å². The number of rotatable bonds is 2. The van der Waals surface area contributed by atoms with Gasteiger partial charge in [0.2, 0.25) is 0 Å². The van der Waals surface area contributed by atoms with Gasteiger partial charge in [0.25, 0.3) is 0 Å². The molecule has 4 nitrogen and oxygen atoms in total. The van der Waals surface area contributed by atoms with Gasteiger partial charge in [0.15, 0.2) is 0 Å². The van der Waals surface area contributed by atoms with E-state index in [1.165, 1.54) is 11.3 Å². The van der Waals surface area contributed by atoms with Crippen LogP contribution < -0.4 is 5.32 Å². The van der Waals surface area contributed by atoms with Gasteiger partial charge in [0, 0.05) is 37.2 Å². The maximum absolute atomic E-state index is 4.75. The first-order chi connectivity index (χ1) is 8.75. The number of aromatic nitrogens is 3. The van der Waals surface area contributed by atoms with E-state index >= 15 is 0 Å². The summed E-state index contributed by atoms with van der Waals surface area (Å²) in [4.78, 5) is 12.7. The van der Waals surface area contributed by atoms with Gasteiger partial charge in [-0.3, -0.25) is 0 Å². The molecule has 2 N–H and O–H groups in total. The lowest BCUT2D eigenvalue weighted by Gasteiger charge is -2.20. The summed E-state index contributed by atoms with van der Waals surface area (Å²) in [5.41, 5.74) is 4.59. The van der Waals surface area contributed by atoms with E-state index in [0.717, 1.165) is 36.7 Å². The first-order valence-corrected chi connectivity index (χ1v) is 6.50. The Hall–Kier alpha value is -1.68. The molecular weight excluding hydrogens is 224 g/mol. The molecule has 1 aliphatic rings. The Morgan fingerprint density at radius 3 is 2.89 bits per heavy atom. The molecule has 94 valence electrons. The molecule has 0 saturated heterocycles. The van der Waals surface area contributed by atoms with Crippen molar-refractivity contribution in [2.24, 2.45) is 0 Å². The fourth-order valence-electron chi connectivity index (χ4n) is 2.32. The highest BCUT2D eigenvalue weighted by atomic mass is 15.0. The number of H-pyrrole nitrogens is 1. The average molecular weight is 242 g/mol. The zero-order valence-electron chi connectivity index (χ0n) is 10.8. The van der Waals surface area contributed by atoms with E-state index < -0.39 is 0 Å². The zero-order valence-corrected chi connectivity index (χ0v) is 10.8. The lowest BCUT2D eigenvalue weighted by molar-refractivity contribution is 0.615. The van der Waals surface area contributed by atoms with Crippen LogP contribution >= 0.6 is 0 Å². The van der Waals surface area contributed by atoms with Crippen molar-refractivity contribution in [3.8, 4) is 11.4 Å². The fourth-order valence-corrected chi connectivity index (χ4v) is 2.32. The minimum atomic E-state index is 0.360. The van der Waals surface area contributed by atoms with Crippen LogP contribution in [0.2, 0.25) is 0 Å². The normalized spacial score (nSPS) is 14.8. The lowest BCUT2D eigenvalue weighted by atomic mass is 10.0. The van der Waals surface area contributed by atoms with Crippen LogP contribution in [0.3, 0.4) is 0 Å². The number of nitrogens with one attached hydrogen (secondary N) is 2. The van der Waals surface area contributed by atoms with Crippen LogP contribution in [0.1, 0.15) is 36.8 Å². The predicted octanol–water partition coefficient (Wildman–Crippen LogP) is 2.24. The molecule has 0 saturated carbocycles. The van der Waals surface area contributed by atoms with Crippen LogP contribution in [-0.4, -0.2) is 21.5 Å². The Morgan fingerprint density at radius 2 is 2.17 bits per heavy atom. The minimum Gasteiger partial charge on any atom is -0.360 e. The summed E-state index contributed by atoms with van der Waals surface area (Å²) in [5, 5.41) is 3.40. The van der Waals surface area contributed by atoms with Gasteiger partial charge in [-0.15, -0.1) is 0 Å². The molecule has 18 heavy (non-hydrogen) atoms. The van der Waals surface area contributed by atoms with Gasteiger partial charge in [-0.05, 0) is 12.1 Å². The van der Waals surface area contributed by atoms with Crippen molar-refractivity contribution in [1.29, 1.82) is 0 Å². The third kappa shape index (κ3) is 1.93. The van der Waals surface area contributed by atoms with E-state index in [1.54, 1.807) is 0 Å². The van der Waals surface area contributed by atoms with E-state index in [4.69, 9.17) is 9.97 Å². The van der Waals surface area contributed by atoms with Crippen molar-refractivity contribution in [1.82, 2.24) is 20.3 Å². The van der Waals surface area contributed by atoms with Crippen LogP contribution in [0, 0.1) is 0 Å². The number of nitrogens with zero attached hydrogens (tertiary/aromatic N) is 2. The van der Waals surface area contributed by atoms with Gasteiger partial charge in [-0.25, -0.2) is 9.97 Å². The Kier molecular flexibility index (Phi) is 2.88. The number of fused-ring (bicyclic) bond motifs is 1. The second kappa shape index (κ2) is 4.53. The quantitative estimate of drug-likeness (QED) is 0.849. The smallest absolute Gasteiger partial charge is 0.131 e. The SMILES string of the molecule is CC(C)c1nc2c(c(-c3ccc[nH]3)n1)CNCC2. The Bertz CT molecular complexity index is 543. The Labute approximate surface area is 107 Å². The van der Waals surface area contributed by atoms with Crippen LogP contribution in [0.4, 0.5) is 0 Å². The van der Waals surface area contributed by atoms with E-state index in [0.29, 0.717) is 5.92 Å². The highest BCUT2D eigenvalue weighted by Crippen LogP contribution is 2.26. The standard InChI is InChI=1S/C14H18N4/c1-9(2)14-17-11-5-7-15-8-10(11)13(18-14)12-4-3-6-16-12/h3-4,6,9,15-16H,5,7-8H2,1-2H3. The van der Waals surface area contributed by atoms with Crippen LogP contribution in [-0.2, 0) is 13.0 Å².